The van der Waals surface area contributed by atoms with Gasteiger partial charge in [0.1, 0.15) is 5.75 Å². The number of rotatable bonds is 8. The van der Waals surface area contributed by atoms with E-state index in [1.165, 1.54) is 5.56 Å². The van der Waals surface area contributed by atoms with Crippen molar-refractivity contribution in [3.05, 3.63) is 71.7 Å². The van der Waals surface area contributed by atoms with Gasteiger partial charge in [-0.05, 0) is 38.5 Å². The lowest BCUT2D eigenvalue weighted by molar-refractivity contribution is -0.121. The summed E-state index contributed by atoms with van der Waals surface area (Å²) >= 11 is 0. The fourth-order valence-electron chi connectivity index (χ4n) is 2.93. The molecule has 0 saturated heterocycles. The van der Waals surface area contributed by atoms with Crippen molar-refractivity contribution in [2.75, 3.05) is 6.61 Å². The van der Waals surface area contributed by atoms with Gasteiger partial charge in [0.15, 0.2) is 11.7 Å². The predicted molar refractivity (Wildman–Crippen MR) is 109 cm³/mol. The van der Waals surface area contributed by atoms with E-state index in [9.17, 15) is 4.79 Å². The first-order chi connectivity index (χ1) is 13.5. The molecule has 0 aliphatic carbocycles. The van der Waals surface area contributed by atoms with E-state index in [2.05, 4.69) is 10.3 Å². The molecule has 0 aliphatic heterocycles. The highest BCUT2D eigenvalue weighted by Gasteiger charge is 2.13. The van der Waals surface area contributed by atoms with Gasteiger partial charge in [0.25, 0.3) is 0 Å². The molecule has 3 aromatic rings. The molecule has 1 unspecified atom stereocenters. The van der Waals surface area contributed by atoms with Gasteiger partial charge in [-0.15, -0.1) is 0 Å². The minimum absolute atomic E-state index is 0.0376. The first-order valence-corrected chi connectivity index (χ1v) is 9.59. The molecule has 1 amide bonds. The van der Waals surface area contributed by atoms with Crippen LogP contribution in [-0.4, -0.2) is 17.5 Å². The number of ether oxygens (including phenoxy) is 1. The Morgan fingerprint density at radius 1 is 1.21 bits per heavy atom. The number of nitrogens with zero attached hydrogens (tertiary/aromatic N) is 1. The highest BCUT2D eigenvalue weighted by Crippen LogP contribution is 2.22. The minimum Gasteiger partial charge on any atom is -0.494 e. The molecule has 0 aliphatic rings. The number of aryl methyl sites for hydroxylation is 2. The van der Waals surface area contributed by atoms with E-state index < -0.39 is 0 Å². The SMILES string of the molecule is CCOc1cccc(C(C)NC(=O)CCc2ncc(-c3ccc(C)cc3)o2)c1. The number of hydrogen-bond donors (Lipinski definition) is 1. The zero-order chi connectivity index (χ0) is 19.9. The molecule has 0 spiro atoms. The molecular weight excluding hydrogens is 352 g/mol. The van der Waals surface area contributed by atoms with E-state index in [0.717, 1.165) is 22.6 Å². The highest BCUT2D eigenvalue weighted by atomic mass is 16.5. The molecule has 1 N–H and O–H groups in total. The molecule has 0 radical (unpaired) electrons. The summed E-state index contributed by atoms with van der Waals surface area (Å²) in [5, 5.41) is 3.02. The smallest absolute Gasteiger partial charge is 0.220 e. The minimum atomic E-state index is -0.0967. The van der Waals surface area contributed by atoms with Crippen molar-refractivity contribution >= 4 is 5.91 Å². The van der Waals surface area contributed by atoms with E-state index >= 15 is 0 Å². The van der Waals surface area contributed by atoms with Crippen molar-refractivity contribution in [3.63, 3.8) is 0 Å². The molecule has 1 aromatic heterocycles. The molecule has 3 rings (SSSR count). The maximum Gasteiger partial charge on any atom is 0.220 e. The topological polar surface area (TPSA) is 64.4 Å². The van der Waals surface area contributed by atoms with Crippen LogP contribution < -0.4 is 10.1 Å². The molecule has 0 saturated carbocycles. The molecule has 0 fully saturated rings. The van der Waals surface area contributed by atoms with Crippen LogP contribution in [0.4, 0.5) is 0 Å². The number of aromatic nitrogens is 1. The maximum absolute atomic E-state index is 12.3. The van der Waals surface area contributed by atoms with Crippen LogP contribution in [0.5, 0.6) is 5.75 Å². The number of carbonyl (C=O) groups is 1. The van der Waals surface area contributed by atoms with Crippen molar-refractivity contribution in [1.82, 2.24) is 10.3 Å². The Hall–Kier alpha value is -3.08. The number of carbonyl (C=O) groups excluding carboxylic acids is 1. The molecule has 0 bridgehead atoms. The van der Waals surface area contributed by atoms with Gasteiger partial charge >= 0.3 is 0 Å². The largest absolute Gasteiger partial charge is 0.494 e. The van der Waals surface area contributed by atoms with Gasteiger partial charge in [-0.2, -0.15) is 0 Å². The molecular formula is C23H26N2O3. The Morgan fingerprint density at radius 3 is 2.75 bits per heavy atom. The van der Waals surface area contributed by atoms with E-state index in [-0.39, 0.29) is 11.9 Å². The van der Waals surface area contributed by atoms with E-state index in [1.807, 2.05) is 69.3 Å². The van der Waals surface area contributed by atoms with E-state index in [4.69, 9.17) is 9.15 Å². The number of amides is 1. The monoisotopic (exact) mass is 378 g/mol. The van der Waals surface area contributed by atoms with Gasteiger partial charge in [-0.3, -0.25) is 4.79 Å². The van der Waals surface area contributed by atoms with Gasteiger partial charge in [0, 0.05) is 18.4 Å². The third kappa shape index (κ3) is 5.22. The number of oxazole rings is 1. The maximum atomic E-state index is 12.3. The van der Waals surface area contributed by atoms with Gasteiger partial charge in [0.05, 0.1) is 18.8 Å². The Labute approximate surface area is 165 Å². The summed E-state index contributed by atoms with van der Waals surface area (Å²) in [4.78, 5) is 16.6. The normalized spacial score (nSPS) is 11.8. The standard InChI is InChI=1S/C23H26N2O3/c1-4-27-20-7-5-6-19(14-20)17(3)25-22(26)12-13-23-24-15-21(28-23)18-10-8-16(2)9-11-18/h5-11,14-15,17H,4,12-13H2,1-3H3,(H,25,26). The quantitative estimate of drug-likeness (QED) is 0.608. The zero-order valence-electron chi connectivity index (χ0n) is 16.6. The lowest BCUT2D eigenvalue weighted by atomic mass is 10.1. The molecule has 1 atom stereocenters. The Balaban J connectivity index is 1.53. The first kappa shape index (κ1) is 19.7. The summed E-state index contributed by atoms with van der Waals surface area (Å²) in [5.41, 5.74) is 3.19. The van der Waals surface area contributed by atoms with Crippen molar-refractivity contribution in [1.29, 1.82) is 0 Å². The van der Waals surface area contributed by atoms with Crippen LogP contribution in [-0.2, 0) is 11.2 Å². The van der Waals surface area contributed by atoms with E-state index in [0.29, 0.717) is 25.3 Å². The molecule has 146 valence electrons. The van der Waals surface area contributed by atoms with Crippen LogP contribution in [0, 0.1) is 6.92 Å². The summed E-state index contributed by atoms with van der Waals surface area (Å²) in [6, 6.07) is 15.8. The summed E-state index contributed by atoms with van der Waals surface area (Å²) in [6.45, 7) is 6.57. The lowest BCUT2D eigenvalue weighted by Gasteiger charge is -2.15. The number of nitrogens with one attached hydrogen (secondary N) is 1. The summed E-state index contributed by atoms with van der Waals surface area (Å²) in [7, 11) is 0. The van der Waals surface area contributed by atoms with Crippen LogP contribution in [0.1, 0.15) is 43.3 Å². The summed E-state index contributed by atoms with van der Waals surface area (Å²) in [5.74, 6) is 2.06. The molecule has 5 heteroatoms. The van der Waals surface area contributed by atoms with Crippen LogP contribution in [0.3, 0.4) is 0 Å². The molecule has 2 aromatic carbocycles. The fourth-order valence-corrected chi connectivity index (χ4v) is 2.93. The predicted octanol–water partition coefficient (Wildman–Crippen LogP) is 4.86. The van der Waals surface area contributed by atoms with E-state index in [1.54, 1.807) is 6.20 Å². The third-order valence-corrected chi connectivity index (χ3v) is 4.50. The van der Waals surface area contributed by atoms with Gasteiger partial charge in [-0.25, -0.2) is 4.98 Å². The third-order valence-electron chi connectivity index (χ3n) is 4.50. The van der Waals surface area contributed by atoms with Crippen LogP contribution >= 0.6 is 0 Å². The van der Waals surface area contributed by atoms with Crippen LogP contribution in [0.25, 0.3) is 11.3 Å². The molecule has 1 heterocycles. The second-order valence-corrected chi connectivity index (χ2v) is 6.78. The van der Waals surface area contributed by atoms with Crippen LogP contribution in [0.15, 0.2) is 59.1 Å². The number of hydrogen-bond acceptors (Lipinski definition) is 4. The van der Waals surface area contributed by atoms with Crippen molar-refractivity contribution in [2.45, 2.75) is 39.7 Å². The Morgan fingerprint density at radius 2 is 2.00 bits per heavy atom. The summed E-state index contributed by atoms with van der Waals surface area (Å²) < 4.78 is 11.3. The van der Waals surface area contributed by atoms with Crippen molar-refractivity contribution < 1.29 is 13.9 Å². The van der Waals surface area contributed by atoms with Crippen molar-refractivity contribution in [3.8, 4) is 17.1 Å². The zero-order valence-corrected chi connectivity index (χ0v) is 16.6. The van der Waals surface area contributed by atoms with Gasteiger partial charge in [0.2, 0.25) is 5.91 Å². The average Bonchev–Trinajstić information content (AvgIpc) is 3.16. The highest BCUT2D eigenvalue weighted by molar-refractivity contribution is 5.76. The Kier molecular flexibility index (Phi) is 6.48. The second kappa shape index (κ2) is 9.22. The second-order valence-electron chi connectivity index (χ2n) is 6.78. The average molecular weight is 378 g/mol. The Bertz CT molecular complexity index is 916. The number of benzene rings is 2. The van der Waals surface area contributed by atoms with Crippen molar-refractivity contribution in [2.24, 2.45) is 0 Å². The van der Waals surface area contributed by atoms with Crippen LogP contribution in [0.2, 0.25) is 0 Å². The van der Waals surface area contributed by atoms with Gasteiger partial charge in [-0.1, -0.05) is 42.0 Å². The molecule has 5 nitrogen and oxygen atoms in total. The fraction of sp³-hybridized carbons (Fsp3) is 0.304. The summed E-state index contributed by atoms with van der Waals surface area (Å²) in [6.07, 6.45) is 2.49. The first-order valence-electron chi connectivity index (χ1n) is 9.59. The van der Waals surface area contributed by atoms with Gasteiger partial charge < -0.3 is 14.5 Å². The lowest BCUT2D eigenvalue weighted by Crippen LogP contribution is -2.26. The molecule has 28 heavy (non-hydrogen) atoms.